The Labute approximate surface area is 164 Å². The Kier molecular flexibility index (Phi) is 7.04. The number of nitrogens with one attached hydrogen (secondary N) is 2. The number of alkyl halides is 3. The van der Waals surface area contributed by atoms with E-state index >= 15 is 0 Å². The third-order valence-electron chi connectivity index (χ3n) is 5.08. The average molecular weight is 398 g/mol. The average Bonchev–Trinajstić information content (AvgIpc) is 3.27. The summed E-state index contributed by atoms with van der Waals surface area (Å²) in [7, 11) is 0. The van der Waals surface area contributed by atoms with E-state index in [4.69, 9.17) is 4.74 Å². The molecule has 156 valence electrons. The normalized spacial score (nSPS) is 20.1. The quantitative estimate of drug-likeness (QED) is 0.548. The summed E-state index contributed by atoms with van der Waals surface area (Å²) in [5.41, 5.74) is 2.52. The Bertz CT molecular complexity index is 678. The fourth-order valence-corrected chi connectivity index (χ4v) is 3.74. The molecule has 0 aromatic heterocycles. The van der Waals surface area contributed by atoms with E-state index in [0.29, 0.717) is 19.6 Å². The second kappa shape index (κ2) is 9.49. The second-order valence-corrected chi connectivity index (χ2v) is 7.44. The van der Waals surface area contributed by atoms with Gasteiger partial charge >= 0.3 is 6.18 Å². The number of ether oxygens (including phenoxy) is 1. The van der Waals surface area contributed by atoms with Crippen LogP contribution in [0.3, 0.4) is 0 Å². The molecule has 0 aliphatic carbocycles. The molecule has 0 bridgehead atoms. The summed E-state index contributed by atoms with van der Waals surface area (Å²) < 4.78 is 43.0. The van der Waals surface area contributed by atoms with Crippen LogP contribution in [0.4, 0.5) is 13.2 Å². The first-order valence-electron chi connectivity index (χ1n) is 9.99. The lowest BCUT2D eigenvalue weighted by Crippen LogP contribution is -2.38. The van der Waals surface area contributed by atoms with Gasteiger partial charge in [0.15, 0.2) is 5.96 Å². The molecule has 1 saturated heterocycles. The highest BCUT2D eigenvalue weighted by Crippen LogP contribution is 2.26. The SMILES string of the molecule is CCNC(=NCC1CCN(CC(F)(F)F)C1)NCCc1ccc2c(c1)CCO2. The zero-order valence-electron chi connectivity index (χ0n) is 16.3. The van der Waals surface area contributed by atoms with E-state index in [9.17, 15) is 13.2 Å². The number of aliphatic imine (C=N–C) groups is 1. The zero-order chi connectivity index (χ0) is 20.0. The lowest BCUT2D eigenvalue weighted by molar-refractivity contribution is -0.143. The third-order valence-corrected chi connectivity index (χ3v) is 5.08. The fourth-order valence-electron chi connectivity index (χ4n) is 3.74. The summed E-state index contributed by atoms with van der Waals surface area (Å²) >= 11 is 0. The van der Waals surface area contributed by atoms with Crippen LogP contribution in [-0.4, -0.2) is 62.9 Å². The summed E-state index contributed by atoms with van der Waals surface area (Å²) in [5.74, 6) is 1.89. The molecule has 0 amide bonds. The maximum absolute atomic E-state index is 12.5. The van der Waals surface area contributed by atoms with Gasteiger partial charge in [-0.1, -0.05) is 12.1 Å². The number of benzene rings is 1. The van der Waals surface area contributed by atoms with Crippen LogP contribution in [0.15, 0.2) is 23.2 Å². The van der Waals surface area contributed by atoms with E-state index in [-0.39, 0.29) is 5.92 Å². The van der Waals surface area contributed by atoms with Gasteiger partial charge in [-0.15, -0.1) is 0 Å². The lowest BCUT2D eigenvalue weighted by atomic mass is 10.1. The monoisotopic (exact) mass is 398 g/mol. The van der Waals surface area contributed by atoms with Crippen LogP contribution in [0.2, 0.25) is 0 Å². The van der Waals surface area contributed by atoms with E-state index in [1.54, 1.807) is 0 Å². The van der Waals surface area contributed by atoms with E-state index in [2.05, 4.69) is 27.8 Å². The standard InChI is InChI=1S/C20H29F3N4O/c1-2-24-19(26-12-16-6-9-27(13-16)14-20(21,22)23)25-8-5-15-3-4-18-17(11-15)7-10-28-18/h3-4,11,16H,2,5-10,12-14H2,1H3,(H2,24,25,26). The van der Waals surface area contributed by atoms with E-state index in [1.807, 2.05) is 13.0 Å². The molecule has 3 rings (SSSR count). The van der Waals surface area contributed by atoms with Crippen molar-refractivity contribution < 1.29 is 17.9 Å². The summed E-state index contributed by atoms with van der Waals surface area (Å²) in [6.07, 6.45) is -1.53. The number of likely N-dealkylation sites (tertiary alicyclic amines) is 1. The third kappa shape index (κ3) is 6.29. The number of nitrogens with zero attached hydrogens (tertiary/aromatic N) is 2. The van der Waals surface area contributed by atoms with Crippen LogP contribution in [0.25, 0.3) is 0 Å². The number of hydrogen-bond acceptors (Lipinski definition) is 3. The van der Waals surface area contributed by atoms with Crippen LogP contribution in [0.5, 0.6) is 5.75 Å². The maximum Gasteiger partial charge on any atom is 0.401 e. The fraction of sp³-hybridized carbons (Fsp3) is 0.650. The summed E-state index contributed by atoms with van der Waals surface area (Å²) in [5, 5.41) is 6.53. The Balaban J connectivity index is 1.44. The molecule has 0 spiro atoms. The predicted molar refractivity (Wildman–Crippen MR) is 104 cm³/mol. The molecule has 8 heteroatoms. The van der Waals surface area contributed by atoms with Crippen LogP contribution in [-0.2, 0) is 12.8 Å². The van der Waals surface area contributed by atoms with Gasteiger partial charge in [-0.25, -0.2) is 0 Å². The van der Waals surface area contributed by atoms with Gasteiger partial charge in [-0.2, -0.15) is 13.2 Å². The molecule has 2 N–H and O–H groups in total. The molecule has 1 unspecified atom stereocenters. The number of guanidine groups is 1. The molecule has 0 radical (unpaired) electrons. The first-order chi connectivity index (χ1) is 13.4. The molecular weight excluding hydrogens is 369 g/mol. The highest BCUT2D eigenvalue weighted by Gasteiger charge is 2.34. The molecule has 1 atom stereocenters. The number of fused-ring (bicyclic) bond motifs is 1. The maximum atomic E-state index is 12.5. The van der Waals surface area contributed by atoms with Gasteiger partial charge in [0.05, 0.1) is 13.2 Å². The molecule has 2 aliphatic heterocycles. The molecule has 5 nitrogen and oxygen atoms in total. The topological polar surface area (TPSA) is 48.9 Å². The summed E-state index contributed by atoms with van der Waals surface area (Å²) in [4.78, 5) is 6.05. The smallest absolute Gasteiger partial charge is 0.401 e. The Morgan fingerprint density at radius 3 is 2.96 bits per heavy atom. The lowest BCUT2D eigenvalue weighted by Gasteiger charge is -2.17. The minimum Gasteiger partial charge on any atom is -0.493 e. The minimum absolute atomic E-state index is 0.175. The molecule has 2 aliphatic rings. The molecule has 1 aromatic rings. The molecule has 2 heterocycles. The van der Waals surface area contributed by atoms with Crippen molar-refractivity contribution in [2.75, 3.05) is 45.9 Å². The van der Waals surface area contributed by atoms with Gasteiger partial charge in [0.2, 0.25) is 0 Å². The van der Waals surface area contributed by atoms with Crippen molar-refractivity contribution in [3.05, 3.63) is 29.3 Å². The van der Waals surface area contributed by atoms with Crippen molar-refractivity contribution in [1.29, 1.82) is 0 Å². The van der Waals surface area contributed by atoms with Crippen molar-refractivity contribution in [3.63, 3.8) is 0 Å². The largest absolute Gasteiger partial charge is 0.493 e. The first kappa shape index (κ1) is 20.8. The minimum atomic E-state index is -4.13. The summed E-state index contributed by atoms with van der Waals surface area (Å²) in [6.45, 7) is 4.92. The van der Waals surface area contributed by atoms with Gasteiger partial charge in [0.1, 0.15) is 5.75 Å². The first-order valence-corrected chi connectivity index (χ1v) is 9.99. The van der Waals surface area contributed by atoms with Crippen LogP contribution in [0, 0.1) is 5.92 Å². The van der Waals surface area contributed by atoms with Crippen molar-refractivity contribution in [1.82, 2.24) is 15.5 Å². The van der Waals surface area contributed by atoms with Gasteiger partial charge in [0.25, 0.3) is 0 Å². The van der Waals surface area contributed by atoms with E-state index < -0.39 is 12.7 Å². The van der Waals surface area contributed by atoms with Crippen LogP contribution < -0.4 is 15.4 Å². The van der Waals surface area contributed by atoms with Crippen LogP contribution in [0.1, 0.15) is 24.5 Å². The highest BCUT2D eigenvalue weighted by atomic mass is 19.4. The van der Waals surface area contributed by atoms with E-state index in [0.717, 1.165) is 50.7 Å². The predicted octanol–water partition coefficient (Wildman–Crippen LogP) is 2.60. The number of hydrogen-bond donors (Lipinski definition) is 2. The van der Waals surface area contributed by atoms with Crippen molar-refractivity contribution in [3.8, 4) is 5.75 Å². The van der Waals surface area contributed by atoms with E-state index in [1.165, 1.54) is 16.0 Å². The van der Waals surface area contributed by atoms with Gasteiger partial charge in [-0.05, 0) is 49.4 Å². The molecule has 0 saturated carbocycles. The Hall–Kier alpha value is -1.96. The van der Waals surface area contributed by atoms with Crippen LogP contribution >= 0.6 is 0 Å². The highest BCUT2D eigenvalue weighted by molar-refractivity contribution is 5.79. The van der Waals surface area contributed by atoms with Gasteiger partial charge in [-0.3, -0.25) is 9.89 Å². The van der Waals surface area contributed by atoms with Crippen molar-refractivity contribution in [2.24, 2.45) is 10.9 Å². The van der Waals surface area contributed by atoms with Crippen molar-refractivity contribution >= 4 is 5.96 Å². The molecule has 1 fully saturated rings. The van der Waals surface area contributed by atoms with Gasteiger partial charge in [0, 0.05) is 32.6 Å². The Morgan fingerprint density at radius 2 is 2.18 bits per heavy atom. The molecular formula is C20H29F3N4O. The van der Waals surface area contributed by atoms with Gasteiger partial charge < -0.3 is 15.4 Å². The number of rotatable bonds is 7. The van der Waals surface area contributed by atoms with Crippen molar-refractivity contribution in [2.45, 2.75) is 32.4 Å². The zero-order valence-corrected chi connectivity index (χ0v) is 16.3. The summed E-state index contributed by atoms with van der Waals surface area (Å²) in [6, 6.07) is 6.31. The molecule has 1 aromatic carbocycles. The second-order valence-electron chi connectivity index (χ2n) is 7.44. The molecule has 28 heavy (non-hydrogen) atoms. The Morgan fingerprint density at radius 1 is 1.32 bits per heavy atom. The number of halogens is 3.